The van der Waals surface area contributed by atoms with Gasteiger partial charge in [-0.25, -0.2) is 4.98 Å². The highest BCUT2D eigenvalue weighted by Gasteiger charge is 2.29. The summed E-state index contributed by atoms with van der Waals surface area (Å²) in [5.74, 6) is -0.289. The number of aliphatic carboxylic acids is 1. The summed E-state index contributed by atoms with van der Waals surface area (Å²) in [6, 6.07) is 1.24. The van der Waals surface area contributed by atoms with Gasteiger partial charge < -0.3 is 5.11 Å². The second kappa shape index (κ2) is 4.42. The first-order chi connectivity index (χ1) is 8.29. The van der Waals surface area contributed by atoms with Crippen molar-refractivity contribution >= 4 is 17.7 Å². The molecule has 1 aliphatic rings. The molecule has 0 amide bonds. The van der Waals surface area contributed by atoms with Crippen molar-refractivity contribution in [2.45, 2.75) is 43.8 Å². The Morgan fingerprint density at radius 2 is 2.28 bits per heavy atom. The molecule has 5 nitrogen and oxygen atoms in total. The van der Waals surface area contributed by atoms with Crippen molar-refractivity contribution in [3.63, 3.8) is 0 Å². The fourth-order valence-corrected chi connectivity index (χ4v) is 3.04. The number of thioether (sulfide) groups is 1. The Bertz CT molecular complexity index is 545. The normalized spacial score (nSPS) is 18.7. The van der Waals surface area contributed by atoms with E-state index in [1.54, 1.807) is 0 Å². The lowest BCUT2D eigenvalue weighted by Crippen LogP contribution is -2.28. The molecular formula is C12H16N2O3S. The first-order valence-corrected chi connectivity index (χ1v) is 6.76. The van der Waals surface area contributed by atoms with E-state index in [4.69, 9.17) is 5.11 Å². The number of fused-ring (bicyclic) bond motifs is 1. The molecule has 6 heteroatoms. The molecule has 2 rings (SSSR count). The zero-order valence-electron chi connectivity index (χ0n) is 10.6. The van der Waals surface area contributed by atoms with Crippen molar-refractivity contribution in [1.82, 2.24) is 9.55 Å². The molecule has 18 heavy (non-hydrogen) atoms. The lowest BCUT2D eigenvalue weighted by Gasteiger charge is -2.19. The summed E-state index contributed by atoms with van der Waals surface area (Å²) in [6.07, 6.45) is -0.0313. The van der Waals surface area contributed by atoms with Gasteiger partial charge in [-0.2, -0.15) is 0 Å². The first kappa shape index (κ1) is 13.1. The Kier molecular flexibility index (Phi) is 3.23. The maximum absolute atomic E-state index is 12.1. The van der Waals surface area contributed by atoms with Gasteiger partial charge in [0, 0.05) is 17.2 Å². The van der Waals surface area contributed by atoms with E-state index in [0.717, 1.165) is 5.69 Å². The van der Waals surface area contributed by atoms with Crippen LogP contribution in [0.1, 0.15) is 38.9 Å². The fourth-order valence-electron chi connectivity index (χ4n) is 1.89. The van der Waals surface area contributed by atoms with Crippen LogP contribution >= 0.6 is 11.8 Å². The lowest BCUT2D eigenvalue weighted by molar-refractivity contribution is -0.137. The van der Waals surface area contributed by atoms with Crippen molar-refractivity contribution < 1.29 is 9.90 Å². The highest BCUT2D eigenvalue weighted by atomic mass is 32.2. The number of carbonyl (C=O) groups is 1. The number of hydrogen-bond donors (Lipinski definition) is 1. The minimum absolute atomic E-state index is 0.0313. The van der Waals surface area contributed by atoms with Crippen LogP contribution in [0.4, 0.5) is 0 Å². The average molecular weight is 268 g/mol. The molecule has 1 aromatic rings. The smallest absolute Gasteiger partial charge is 0.305 e. The van der Waals surface area contributed by atoms with E-state index in [9.17, 15) is 9.59 Å². The number of hydrogen-bond acceptors (Lipinski definition) is 4. The van der Waals surface area contributed by atoms with E-state index in [1.807, 2.05) is 20.8 Å². The monoisotopic (exact) mass is 268 g/mol. The van der Waals surface area contributed by atoms with E-state index in [0.29, 0.717) is 10.9 Å². The third-order valence-corrected chi connectivity index (χ3v) is 3.97. The molecule has 0 saturated heterocycles. The van der Waals surface area contributed by atoms with E-state index >= 15 is 0 Å². The van der Waals surface area contributed by atoms with Crippen LogP contribution in [0.3, 0.4) is 0 Å². The van der Waals surface area contributed by atoms with Crippen molar-refractivity contribution in [2.24, 2.45) is 0 Å². The van der Waals surface area contributed by atoms with Crippen LogP contribution in [0.25, 0.3) is 0 Å². The number of rotatable bonds is 2. The molecule has 0 unspecified atom stereocenters. The molecule has 0 aromatic carbocycles. The summed E-state index contributed by atoms with van der Waals surface area (Å²) in [5.41, 5.74) is 0.420. The minimum atomic E-state index is -0.889. The highest BCUT2D eigenvalue weighted by Crippen LogP contribution is 2.33. The van der Waals surface area contributed by atoms with Gasteiger partial charge in [-0.15, -0.1) is 0 Å². The Morgan fingerprint density at radius 3 is 2.83 bits per heavy atom. The second-order valence-corrected chi connectivity index (χ2v) is 6.43. The van der Waals surface area contributed by atoms with Gasteiger partial charge in [-0.3, -0.25) is 14.2 Å². The van der Waals surface area contributed by atoms with Crippen LogP contribution in [-0.4, -0.2) is 26.4 Å². The quantitative estimate of drug-likeness (QED) is 0.826. The topological polar surface area (TPSA) is 72.2 Å². The number of carboxylic acids is 1. The Balaban J connectivity index is 2.44. The van der Waals surface area contributed by atoms with Gasteiger partial charge in [0.1, 0.15) is 0 Å². The summed E-state index contributed by atoms with van der Waals surface area (Å²) in [7, 11) is 0. The van der Waals surface area contributed by atoms with E-state index in [2.05, 4.69) is 4.98 Å². The van der Waals surface area contributed by atoms with Crippen LogP contribution in [0, 0.1) is 0 Å². The summed E-state index contributed by atoms with van der Waals surface area (Å²) in [5, 5.41) is 9.47. The molecule has 0 fully saturated rings. The zero-order chi connectivity index (χ0) is 13.5. The average Bonchev–Trinajstić information content (AvgIpc) is 2.59. The molecule has 1 aliphatic heterocycles. The van der Waals surface area contributed by atoms with Gasteiger partial charge in [0.25, 0.3) is 5.56 Å². The molecule has 0 bridgehead atoms. The van der Waals surface area contributed by atoms with E-state index in [-0.39, 0.29) is 23.4 Å². The third kappa shape index (κ3) is 2.43. The molecule has 1 N–H and O–H groups in total. The van der Waals surface area contributed by atoms with Gasteiger partial charge in [0.05, 0.1) is 18.2 Å². The number of carboxylic acid groups (broad SMARTS) is 1. The maximum Gasteiger partial charge on any atom is 0.305 e. The van der Waals surface area contributed by atoms with Crippen molar-refractivity contribution in [3.8, 4) is 0 Å². The molecule has 98 valence electrons. The zero-order valence-corrected chi connectivity index (χ0v) is 11.5. The van der Waals surface area contributed by atoms with E-state index < -0.39 is 5.97 Å². The molecule has 0 spiro atoms. The number of nitrogens with zero attached hydrogens (tertiary/aromatic N) is 2. The molecule has 1 aromatic heterocycles. The predicted molar refractivity (Wildman–Crippen MR) is 69.2 cm³/mol. The third-order valence-electron chi connectivity index (χ3n) is 2.87. The van der Waals surface area contributed by atoms with Crippen molar-refractivity contribution in [1.29, 1.82) is 0 Å². The van der Waals surface area contributed by atoms with Crippen LogP contribution in [0.15, 0.2) is 16.0 Å². The molecule has 2 heterocycles. The summed E-state index contributed by atoms with van der Waals surface area (Å²) < 4.78 is 1.51. The molecule has 0 saturated carbocycles. The summed E-state index contributed by atoms with van der Waals surface area (Å²) in [6.45, 7) is 6.00. The van der Waals surface area contributed by atoms with Gasteiger partial charge in [-0.1, -0.05) is 32.5 Å². The van der Waals surface area contributed by atoms with Crippen LogP contribution in [0.2, 0.25) is 0 Å². The Hall–Kier alpha value is -1.30. The van der Waals surface area contributed by atoms with Gasteiger partial charge in [0.15, 0.2) is 5.16 Å². The minimum Gasteiger partial charge on any atom is -0.481 e. The molecule has 1 atom stereocenters. The van der Waals surface area contributed by atoms with Crippen LogP contribution in [0.5, 0.6) is 0 Å². The van der Waals surface area contributed by atoms with Gasteiger partial charge in [0.2, 0.25) is 0 Å². The summed E-state index contributed by atoms with van der Waals surface area (Å²) in [4.78, 5) is 27.3. The number of aromatic nitrogens is 2. The fraction of sp³-hybridized carbons (Fsp3) is 0.583. The summed E-state index contributed by atoms with van der Waals surface area (Å²) >= 11 is 1.45. The van der Waals surface area contributed by atoms with E-state index in [1.165, 1.54) is 22.4 Å². The Morgan fingerprint density at radius 1 is 1.61 bits per heavy atom. The van der Waals surface area contributed by atoms with Gasteiger partial charge in [-0.05, 0) is 0 Å². The van der Waals surface area contributed by atoms with Crippen molar-refractivity contribution in [2.75, 3.05) is 5.75 Å². The highest BCUT2D eigenvalue weighted by molar-refractivity contribution is 7.99. The standard InChI is InChI=1S/C12H16N2O3S/c1-12(2,3)8-5-9(15)14-7(4-10(16)17)6-18-11(14)13-8/h5,7H,4,6H2,1-3H3,(H,16,17)/t7-/m0/s1. The second-order valence-electron chi connectivity index (χ2n) is 5.44. The Labute approximate surface area is 109 Å². The molecular weight excluding hydrogens is 252 g/mol. The van der Waals surface area contributed by atoms with Gasteiger partial charge >= 0.3 is 5.97 Å². The lowest BCUT2D eigenvalue weighted by atomic mass is 9.92. The first-order valence-electron chi connectivity index (χ1n) is 5.77. The SMILES string of the molecule is CC(C)(C)c1cc(=O)n2c(n1)SC[C@@H]2CC(=O)O. The maximum atomic E-state index is 12.1. The van der Waals surface area contributed by atoms with Crippen LogP contribution < -0.4 is 5.56 Å². The van der Waals surface area contributed by atoms with Crippen LogP contribution in [-0.2, 0) is 10.2 Å². The largest absolute Gasteiger partial charge is 0.481 e. The molecule has 0 radical (unpaired) electrons. The predicted octanol–water partition coefficient (Wildman–Crippen LogP) is 1.66. The van der Waals surface area contributed by atoms with Crippen molar-refractivity contribution in [3.05, 3.63) is 22.1 Å². The molecule has 0 aliphatic carbocycles.